The van der Waals surface area contributed by atoms with Crippen molar-refractivity contribution in [1.29, 1.82) is 0 Å². The Hall–Kier alpha value is -1.16. The van der Waals surface area contributed by atoms with E-state index in [0.29, 0.717) is 6.04 Å². The van der Waals surface area contributed by atoms with Gasteiger partial charge >= 0.3 is 0 Å². The molecule has 1 aliphatic heterocycles. The first-order chi connectivity index (χ1) is 6.34. The van der Waals surface area contributed by atoms with Crippen LogP contribution < -0.4 is 10.6 Å². The van der Waals surface area contributed by atoms with Gasteiger partial charge < -0.3 is 10.6 Å². The van der Waals surface area contributed by atoms with E-state index in [2.05, 4.69) is 20.6 Å². The fourth-order valence-corrected chi connectivity index (χ4v) is 1.52. The van der Waals surface area contributed by atoms with E-state index in [-0.39, 0.29) is 0 Å². The highest BCUT2D eigenvalue weighted by Crippen LogP contribution is 2.07. The van der Waals surface area contributed by atoms with Crippen LogP contribution in [0.2, 0.25) is 0 Å². The number of anilines is 1. The molecule has 0 unspecified atom stereocenters. The third-order valence-corrected chi connectivity index (χ3v) is 2.19. The molecular formula is C9H14N4. The minimum atomic E-state index is 0.522. The lowest BCUT2D eigenvalue weighted by atomic mass is 10.2. The Balaban J connectivity index is 2.00. The quantitative estimate of drug-likeness (QED) is 0.694. The van der Waals surface area contributed by atoms with E-state index in [1.54, 1.807) is 6.20 Å². The summed E-state index contributed by atoms with van der Waals surface area (Å²) in [6.07, 6.45) is 2.95. The van der Waals surface area contributed by atoms with Crippen LogP contribution in [0.15, 0.2) is 12.3 Å². The van der Waals surface area contributed by atoms with E-state index < -0.39 is 0 Å². The molecule has 1 atom stereocenters. The topological polar surface area (TPSA) is 49.8 Å². The number of hydrogen-bond acceptors (Lipinski definition) is 4. The van der Waals surface area contributed by atoms with Gasteiger partial charge in [0.2, 0.25) is 0 Å². The van der Waals surface area contributed by atoms with Crippen molar-refractivity contribution < 1.29 is 0 Å². The predicted octanol–water partition coefficient (Wildman–Crippen LogP) is 0.559. The van der Waals surface area contributed by atoms with Crippen molar-refractivity contribution in [3.05, 3.63) is 18.1 Å². The normalized spacial score (nSPS) is 21.8. The van der Waals surface area contributed by atoms with Gasteiger partial charge in [-0.15, -0.1) is 0 Å². The lowest BCUT2D eigenvalue weighted by Gasteiger charge is -2.11. The number of rotatable bonds is 2. The molecule has 2 rings (SSSR count). The third kappa shape index (κ3) is 2.15. The molecule has 1 saturated heterocycles. The second-order valence-corrected chi connectivity index (χ2v) is 3.32. The zero-order valence-corrected chi connectivity index (χ0v) is 7.75. The van der Waals surface area contributed by atoms with Gasteiger partial charge in [-0.1, -0.05) is 0 Å². The van der Waals surface area contributed by atoms with Crippen LogP contribution in [0.5, 0.6) is 0 Å². The van der Waals surface area contributed by atoms with Crippen LogP contribution in [-0.2, 0) is 0 Å². The highest BCUT2D eigenvalue weighted by molar-refractivity contribution is 5.34. The van der Waals surface area contributed by atoms with E-state index >= 15 is 0 Å². The highest BCUT2D eigenvalue weighted by atomic mass is 15.1. The molecule has 4 nitrogen and oxygen atoms in total. The average molecular weight is 178 g/mol. The summed E-state index contributed by atoms with van der Waals surface area (Å²) in [7, 11) is 0. The molecule has 4 heteroatoms. The number of aromatic nitrogens is 2. The van der Waals surface area contributed by atoms with Crippen LogP contribution in [-0.4, -0.2) is 29.1 Å². The van der Waals surface area contributed by atoms with Crippen LogP contribution in [0.1, 0.15) is 12.2 Å². The maximum Gasteiger partial charge on any atom is 0.129 e. The summed E-state index contributed by atoms with van der Waals surface area (Å²) in [5.74, 6) is 1.75. The molecule has 0 radical (unpaired) electrons. The lowest BCUT2D eigenvalue weighted by molar-refractivity contribution is 0.785. The molecule has 1 aromatic heterocycles. The van der Waals surface area contributed by atoms with Crippen LogP contribution in [0.3, 0.4) is 0 Å². The van der Waals surface area contributed by atoms with Crippen molar-refractivity contribution in [2.24, 2.45) is 0 Å². The second kappa shape index (κ2) is 3.70. The highest BCUT2D eigenvalue weighted by Gasteiger charge is 2.13. The van der Waals surface area contributed by atoms with Gasteiger partial charge in [-0.25, -0.2) is 9.97 Å². The van der Waals surface area contributed by atoms with Gasteiger partial charge in [-0.05, 0) is 26.0 Å². The lowest BCUT2D eigenvalue weighted by Crippen LogP contribution is -2.22. The Morgan fingerprint density at radius 3 is 3.23 bits per heavy atom. The van der Waals surface area contributed by atoms with Gasteiger partial charge in [0.05, 0.1) is 0 Å². The fraction of sp³-hybridized carbons (Fsp3) is 0.556. The minimum Gasteiger partial charge on any atom is -0.366 e. The molecule has 1 aromatic rings. The third-order valence-electron chi connectivity index (χ3n) is 2.19. The number of nitrogens with zero attached hydrogens (tertiary/aromatic N) is 2. The second-order valence-electron chi connectivity index (χ2n) is 3.32. The molecule has 0 spiro atoms. The molecule has 70 valence electrons. The number of aryl methyl sites for hydroxylation is 1. The van der Waals surface area contributed by atoms with Crippen molar-refractivity contribution in [2.75, 3.05) is 18.4 Å². The Labute approximate surface area is 77.8 Å². The minimum absolute atomic E-state index is 0.522. The summed E-state index contributed by atoms with van der Waals surface area (Å²) in [5.41, 5.74) is 0. The maximum absolute atomic E-state index is 4.29. The molecular weight excluding hydrogens is 164 g/mol. The molecule has 13 heavy (non-hydrogen) atoms. The molecule has 0 saturated carbocycles. The molecule has 1 fully saturated rings. The summed E-state index contributed by atoms with van der Waals surface area (Å²) in [6.45, 7) is 4.03. The molecule has 2 heterocycles. The predicted molar refractivity (Wildman–Crippen MR) is 51.7 cm³/mol. The van der Waals surface area contributed by atoms with E-state index in [9.17, 15) is 0 Å². The van der Waals surface area contributed by atoms with Crippen molar-refractivity contribution in [2.45, 2.75) is 19.4 Å². The molecule has 0 amide bonds. The van der Waals surface area contributed by atoms with Gasteiger partial charge in [0.15, 0.2) is 0 Å². The fourth-order valence-electron chi connectivity index (χ4n) is 1.52. The summed E-state index contributed by atoms with van der Waals surface area (Å²) in [6, 6.07) is 2.43. The van der Waals surface area contributed by atoms with E-state index in [0.717, 1.165) is 24.7 Å². The SMILES string of the molecule is Cc1nccc(N[C@H]2CCNC2)n1. The van der Waals surface area contributed by atoms with Crippen molar-refractivity contribution >= 4 is 5.82 Å². The van der Waals surface area contributed by atoms with E-state index in [1.807, 2.05) is 13.0 Å². The monoisotopic (exact) mass is 178 g/mol. The molecule has 0 bridgehead atoms. The van der Waals surface area contributed by atoms with Crippen LogP contribution in [0.4, 0.5) is 5.82 Å². The largest absolute Gasteiger partial charge is 0.366 e. The Morgan fingerprint density at radius 1 is 1.62 bits per heavy atom. The molecule has 2 N–H and O–H groups in total. The number of nitrogens with one attached hydrogen (secondary N) is 2. The van der Waals surface area contributed by atoms with Crippen LogP contribution in [0.25, 0.3) is 0 Å². The first-order valence-corrected chi connectivity index (χ1v) is 4.61. The van der Waals surface area contributed by atoms with Crippen molar-refractivity contribution in [1.82, 2.24) is 15.3 Å². The summed E-state index contributed by atoms with van der Waals surface area (Å²) < 4.78 is 0. The zero-order chi connectivity index (χ0) is 9.10. The first kappa shape index (κ1) is 8.44. The molecule has 0 aliphatic carbocycles. The maximum atomic E-state index is 4.29. The van der Waals surface area contributed by atoms with Gasteiger partial charge in [0.25, 0.3) is 0 Å². The summed E-state index contributed by atoms with van der Waals surface area (Å²) in [4.78, 5) is 8.33. The summed E-state index contributed by atoms with van der Waals surface area (Å²) in [5, 5.41) is 6.67. The Morgan fingerprint density at radius 2 is 2.54 bits per heavy atom. The van der Waals surface area contributed by atoms with E-state index in [1.165, 1.54) is 6.42 Å². The summed E-state index contributed by atoms with van der Waals surface area (Å²) >= 11 is 0. The van der Waals surface area contributed by atoms with Gasteiger partial charge in [0.1, 0.15) is 11.6 Å². The van der Waals surface area contributed by atoms with Crippen molar-refractivity contribution in [3.8, 4) is 0 Å². The van der Waals surface area contributed by atoms with Gasteiger partial charge in [-0.3, -0.25) is 0 Å². The van der Waals surface area contributed by atoms with Gasteiger partial charge in [0, 0.05) is 18.8 Å². The first-order valence-electron chi connectivity index (χ1n) is 4.61. The molecule has 1 aliphatic rings. The Bertz CT molecular complexity index is 281. The molecule has 0 aromatic carbocycles. The van der Waals surface area contributed by atoms with Crippen LogP contribution >= 0.6 is 0 Å². The van der Waals surface area contributed by atoms with Crippen molar-refractivity contribution in [3.63, 3.8) is 0 Å². The zero-order valence-electron chi connectivity index (χ0n) is 7.75. The smallest absolute Gasteiger partial charge is 0.129 e. The standard InChI is InChI=1S/C9H14N4/c1-7-11-5-3-9(12-7)13-8-2-4-10-6-8/h3,5,8,10H,2,4,6H2,1H3,(H,11,12,13)/t8-/m0/s1. The Kier molecular flexibility index (Phi) is 2.40. The van der Waals surface area contributed by atoms with E-state index in [4.69, 9.17) is 0 Å². The van der Waals surface area contributed by atoms with Crippen LogP contribution in [0, 0.1) is 6.92 Å². The number of hydrogen-bond donors (Lipinski definition) is 2. The van der Waals surface area contributed by atoms with Gasteiger partial charge in [-0.2, -0.15) is 0 Å². The average Bonchev–Trinajstić information content (AvgIpc) is 2.57.